The zero-order valence-corrected chi connectivity index (χ0v) is 14.5. The van der Waals surface area contributed by atoms with Crippen molar-refractivity contribution >= 4 is 37.7 Å². The molecule has 3 rings (SSSR count). The van der Waals surface area contributed by atoms with Crippen molar-refractivity contribution in [3.63, 3.8) is 0 Å². The number of nitrogens with two attached hydrogens (primary N) is 1. The number of hydrogen-bond donors (Lipinski definition) is 2. The van der Waals surface area contributed by atoms with Crippen LogP contribution in [0.5, 0.6) is 0 Å². The van der Waals surface area contributed by atoms with Crippen molar-refractivity contribution in [1.29, 1.82) is 0 Å². The summed E-state index contributed by atoms with van der Waals surface area (Å²) in [4.78, 5) is 0. The standard InChI is InChI=1S/C16H13Br2N3/c1-9-10(6-4-8-12(9)17)15-14(16(19)21-20-15)11-5-2-3-7-13(11)18/h2-8H,1H3,(H3,19,20,21). The van der Waals surface area contributed by atoms with Crippen molar-refractivity contribution < 1.29 is 0 Å². The smallest absolute Gasteiger partial charge is 0.153 e. The molecular weight excluding hydrogens is 394 g/mol. The molecule has 0 saturated carbocycles. The van der Waals surface area contributed by atoms with Crippen molar-refractivity contribution in [3.05, 3.63) is 57.0 Å². The molecule has 0 aliphatic heterocycles. The number of nitrogen functional groups attached to an aromatic ring is 1. The largest absolute Gasteiger partial charge is 0.382 e. The summed E-state index contributed by atoms with van der Waals surface area (Å²) in [6.07, 6.45) is 0. The number of anilines is 1. The summed E-state index contributed by atoms with van der Waals surface area (Å²) in [6.45, 7) is 2.07. The monoisotopic (exact) mass is 405 g/mol. The third-order valence-electron chi connectivity index (χ3n) is 3.47. The van der Waals surface area contributed by atoms with Crippen LogP contribution >= 0.6 is 31.9 Å². The Labute approximate surface area is 139 Å². The second kappa shape index (κ2) is 5.66. The molecule has 0 bridgehead atoms. The molecule has 0 atom stereocenters. The van der Waals surface area contributed by atoms with Gasteiger partial charge in [0.2, 0.25) is 0 Å². The highest BCUT2D eigenvalue weighted by atomic mass is 79.9. The van der Waals surface area contributed by atoms with Crippen molar-refractivity contribution in [2.24, 2.45) is 0 Å². The van der Waals surface area contributed by atoms with Gasteiger partial charge in [0, 0.05) is 20.1 Å². The number of rotatable bonds is 2. The van der Waals surface area contributed by atoms with E-state index < -0.39 is 0 Å². The van der Waals surface area contributed by atoms with Gasteiger partial charge in [0.1, 0.15) is 0 Å². The Morgan fingerprint density at radius 2 is 1.62 bits per heavy atom. The van der Waals surface area contributed by atoms with Crippen LogP contribution in [0.4, 0.5) is 5.82 Å². The summed E-state index contributed by atoms with van der Waals surface area (Å²) in [6, 6.07) is 14.1. The first-order valence-corrected chi connectivity index (χ1v) is 8.02. The lowest BCUT2D eigenvalue weighted by Gasteiger charge is -2.10. The van der Waals surface area contributed by atoms with Gasteiger partial charge in [-0.15, -0.1) is 0 Å². The van der Waals surface area contributed by atoms with Gasteiger partial charge in [0.15, 0.2) is 5.82 Å². The summed E-state index contributed by atoms with van der Waals surface area (Å²) in [5.74, 6) is 0.497. The molecular formula is C16H13Br2N3. The normalized spacial score (nSPS) is 10.8. The van der Waals surface area contributed by atoms with E-state index in [1.54, 1.807) is 0 Å². The molecule has 106 valence electrons. The van der Waals surface area contributed by atoms with E-state index in [0.29, 0.717) is 5.82 Å². The highest BCUT2D eigenvalue weighted by molar-refractivity contribution is 9.10. The van der Waals surface area contributed by atoms with Crippen LogP contribution in [0.3, 0.4) is 0 Å². The molecule has 1 aromatic heterocycles. The third kappa shape index (κ3) is 2.51. The van der Waals surface area contributed by atoms with Gasteiger partial charge in [-0.2, -0.15) is 5.10 Å². The number of aromatic nitrogens is 2. The van der Waals surface area contributed by atoms with E-state index in [1.807, 2.05) is 36.4 Å². The minimum absolute atomic E-state index is 0.497. The molecule has 1 heterocycles. The summed E-state index contributed by atoms with van der Waals surface area (Å²) in [7, 11) is 0. The van der Waals surface area contributed by atoms with E-state index >= 15 is 0 Å². The van der Waals surface area contributed by atoms with Gasteiger partial charge in [-0.1, -0.05) is 62.2 Å². The summed E-state index contributed by atoms with van der Waals surface area (Å²) in [5.41, 5.74) is 11.2. The van der Waals surface area contributed by atoms with Crippen LogP contribution in [0.1, 0.15) is 5.56 Å². The predicted octanol–water partition coefficient (Wildman–Crippen LogP) is 5.16. The Balaban J connectivity index is 2.28. The highest BCUT2D eigenvalue weighted by Crippen LogP contribution is 2.40. The first kappa shape index (κ1) is 14.4. The van der Waals surface area contributed by atoms with Gasteiger partial charge >= 0.3 is 0 Å². The van der Waals surface area contributed by atoms with E-state index in [1.165, 1.54) is 0 Å². The average molecular weight is 407 g/mol. The number of aromatic amines is 1. The Kier molecular flexibility index (Phi) is 3.87. The Morgan fingerprint density at radius 1 is 0.952 bits per heavy atom. The lowest BCUT2D eigenvalue weighted by atomic mass is 9.98. The zero-order chi connectivity index (χ0) is 15.0. The highest BCUT2D eigenvalue weighted by Gasteiger charge is 2.18. The summed E-state index contributed by atoms with van der Waals surface area (Å²) >= 11 is 7.16. The quantitative estimate of drug-likeness (QED) is 0.617. The maximum Gasteiger partial charge on any atom is 0.153 e. The molecule has 0 spiro atoms. The molecule has 0 saturated heterocycles. The van der Waals surface area contributed by atoms with Gasteiger partial charge in [0.25, 0.3) is 0 Å². The van der Waals surface area contributed by atoms with E-state index in [-0.39, 0.29) is 0 Å². The number of hydrogen-bond acceptors (Lipinski definition) is 2. The maximum absolute atomic E-state index is 6.09. The molecule has 0 amide bonds. The summed E-state index contributed by atoms with van der Waals surface area (Å²) < 4.78 is 2.05. The van der Waals surface area contributed by atoms with Crippen molar-refractivity contribution in [2.75, 3.05) is 5.73 Å². The second-order valence-corrected chi connectivity index (χ2v) is 6.46. The van der Waals surface area contributed by atoms with Gasteiger partial charge in [-0.05, 0) is 24.6 Å². The molecule has 5 heteroatoms. The van der Waals surface area contributed by atoms with Crippen molar-refractivity contribution in [3.8, 4) is 22.4 Å². The van der Waals surface area contributed by atoms with Crippen LogP contribution in [0.25, 0.3) is 22.4 Å². The van der Waals surface area contributed by atoms with Crippen LogP contribution in [0.15, 0.2) is 51.4 Å². The molecule has 0 unspecified atom stereocenters. The van der Waals surface area contributed by atoms with Crippen LogP contribution in [0, 0.1) is 6.92 Å². The van der Waals surface area contributed by atoms with Gasteiger partial charge in [-0.3, -0.25) is 5.10 Å². The van der Waals surface area contributed by atoms with Crippen LogP contribution < -0.4 is 5.73 Å². The second-order valence-electron chi connectivity index (χ2n) is 4.75. The Bertz CT molecular complexity index is 809. The van der Waals surface area contributed by atoms with Gasteiger partial charge in [0.05, 0.1) is 11.3 Å². The summed E-state index contributed by atoms with van der Waals surface area (Å²) in [5, 5.41) is 7.27. The fourth-order valence-electron chi connectivity index (χ4n) is 2.37. The fraction of sp³-hybridized carbons (Fsp3) is 0.0625. The van der Waals surface area contributed by atoms with Gasteiger partial charge in [-0.25, -0.2) is 0 Å². The van der Waals surface area contributed by atoms with Crippen LogP contribution in [-0.2, 0) is 0 Å². The predicted molar refractivity (Wildman–Crippen MR) is 94.0 cm³/mol. The molecule has 3 aromatic rings. The lowest BCUT2D eigenvalue weighted by Crippen LogP contribution is -1.91. The lowest BCUT2D eigenvalue weighted by molar-refractivity contribution is 1.10. The maximum atomic E-state index is 6.09. The molecule has 0 fully saturated rings. The van der Waals surface area contributed by atoms with E-state index in [4.69, 9.17) is 5.73 Å². The van der Waals surface area contributed by atoms with Crippen LogP contribution in [0.2, 0.25) is 0 Å². The van der Waals surface area contributed by atoms with Crippen molar-refractivity contribution in [1.82, 2.24) is 10.2 Å². The minimum atomic E-state index is 0.497. The molecule has 0 aliphatic rings. The Morgan fingerprint density at radius 3 is 2.38 bits per heavy atom. The first-order valence-electron chi connectivity index (χ1n) is 6.44. The molecule has 0 aliphatic carbocycles. The molecule has 21 heavy (non-hydrogen) atoms. The van der Waals surface area contributed by atoms with E-state index in [9.17, 15) is 0 Å². The van der Waals surface area contributed by atoms with E-state index in [0.717, 1.165) is 36.9 Å². The molecule has 0 radical (unpaired) electrons. The fourth-order valence-corrected chi connectivity index (χ4v) is 3.22. The van der Waals surface area contributed by atoms with E-state index in [2.05, 4.69) is 55.0 Å². The van der Waals surface area contributed by atoms with Gasteiger partial charge < -0.3 is 5.73 Å². The number of halogens is 2. The number of H-pyrrole nitrogens is 1. The number of benzene rings is 2. The minimum Gasteiger partial charge on any atom is -0.382 e. The molecule has 3 nitrogen and oxygen atoms in total. The zero-order valence-electron chi connectivity index (χ0n) is 11.3. The molecule has 3 N–H and O–H groups in total. The number of nitrogens with zero attached hydrogens (tertiary/aromatic N) is 1. The Hall–Kier alpha value is -1.59. The number of nitrogens with one attached hydrogen (secondary N) is 1. The molecule has 2 aromatic carbocycles. The first-order chi connectivity index (χ1) is 10.1. The average Bonchev–Trinajstić information content (AvgIpc) is 2.84. The topological polar surface area (TPSA) is 54.7 Å². The SMILES string of the molecule is Cc1c(Br)cccc1-c1[nH]nc(N)c1-c1ccccc1Br. The van der Waals surface area contributed by atoms with Crippen molar-refractivity contribution in [2.45, 2.75) is 6.92 Å². The van der Waals surface area contributed by atoms with Crippen LogP contribution in [-0.4, -0.2) is 10.2 Å². The third-order valence-corrected chi connectivity index (χ3v) is 5.03.